The summed E-state index contributed by atoms with van der Waals surface area (Å²) in [6.07, 6.45) is 8.40. The van der Waals surface area contributed by atoms with E-state index in [1.807, 2.05) is 63.2 Å². The summed E-state index contributed by atoms with van der Waals surface area (Å²) in [4.78, 5) is 40.8. The zero-order valence-corrected chi connectivity index (χ0v) is 32.4. The lowest BCUT2D eigenvalue weighted by molar-refractivity contribution is -0.384. The number of thioether (sulfide) groups is 1. The highest BCUT2D eigenvalue weighted by Crippen LogP contribution is 2.46. The first-order chi connectivity index (χ1) is 25.2. The highest BCUT2D eigenvalue weighted by molar-refractivity contribution is 7.99. The standard InChI is InChI=1S/C39H51N5O7S2/c1-38(2,3)43(37(46)47)24-10-7-11-30(28-52-32-12-5-4-6-13-32)40-34-19-18-33(27-35(34)44(48)49)53(50,51)41-36(45)29-14-16-31(17-15-29)42-25-22-39(23-26-42)20-8-9-21-39/h4-6,12-19,27,30,40H,7-11,20-26,28H2,1-3H3,(H,41,45)(H,46,47)/t30-/m1/s1. The number of amides is 2. The van der Waals surface area contributed by atoms with Crippen LogP contribution in [0.1, 0.15) is 88.9 Å². The van der Waals surface area contributed by atoms with E-state index in [2.05, 4.69) is 14.9 Å². The Hall–Kier alpha value is -4.30. The molecule has 5 rings (SSSR count). The van der Waals surface area contributed by atoms with Crippen LogP contribution in [-0.2, 0) is 10.0 Å². The number of rotatable bonds is 15. The second-order valence-corrected chi connectivity index (χ2v) is 18.0. The van der Waals surface area contributed by atoms with Crippen LogP contribution in [0.3, 0.4) is 0 Å². The molecule has 53 heavy (non-hydrogen) atoms. The van der Waals surface area contributed by atoms with E-state index in [9.17, 15) is 33.2 Å². The molecule has 2 fully saturated rings. The lowest BCUT2D eigenvalue weighted by Gasteiger charge is -2.40. The van der Waals surface area contributed by atoms with Crippen LogP contribution < -0.4 is 14.9 Å². The first-order valence-corrected chi connectivity index (χ1v) is 20.8. The fourth-order valence-corrected chi connectivity index (χ4v) is 9.38. The van der Waals surface area contributed by atoms with Crippen molar-refractivity contribution in [3.63, 3.8) is 0 Å². The predicted octanol–water partition coefficient (Wildman–Crippen LogP) is 8.40. The van der Waals surface area contributed by atoms with Gasteiger partial charge in [-0.2, -0.15) is 0 Å². The van der Waals surface area contributed by atoms with Crippen molar-refractivity contribution >= 4 is 50.8 Å². The van der Waals surface area contributed by atoms with Gasteiger partial charge in [0.15, 0.2) is 0 Å². The molecule has 2 amide bonds. The summed E-state index contributed by atoms with van der Waals surface area (Å²) < 4.78 is 28.7. The molecule has 3 aromatic carbocycles. The number of carbonyl (C=O) groups excluding carboxylic acids is 1. The van der Waals surface area contributed by atoms with Crippen molar-refractivity contribution in [2.45, 2.75) is 99.9 Å². The number of anilines is 2. The predicted molar refractivity (Wildman–Crippen MR) is 209 cm³/mol. The van der Waals surface area contributed by atoms with Crippen LogP contribution in [0.4, 0.5) is 21.9 Å². The zero-order chi connectivity index (χ0) is 38.2. The van der Waals surface area contributed by atoms with Crippen LogP contribution in [0, 0.1) is 15.5 Å². The van der Waals surface area contributed by atoms with Crippen molar-refractivity contribution in [3.05, 3.63) is 88.5 Å². The van der Waals surface area contributed by atoms with Crippen LogP contribution in [0.2, 0.25) is 0 Å². The number of carboxylic acid groups (broad SMARTS) is 1. The molecule has 14 heteroatoms. The van der Waals surface area contributed by atoms with E-state index in [0.717, 1.165) is 42.6 Å². The summed E-state index contributed by atoms with van der Waals surface area (Å²) >= 11 is 1.58. The van der Waals surface area contributed by atoms with Crippen molar-refractivity contribution < 1.29 is 28.0 Å². The lowest BCUT2D eigenvalue weighted by Crippen LogP contribution is -2.45. The molecule has 286 valence electrons. The minimum Gasteiger partial charge on any atom is -0.465 e. The number of nitro groups is 1. The van der Waals surface area contributed by atoms with Gasteiger partial charge in [0.1, 0.15) is 5.69 Å². The largest absolute Gasteiger partial charge is 0.465 e. The number of unbranched alkanes of at least 4 members (excludes halogenated alkanes) is 1. The summed E-state index contributed by atoms with van der Waals surface area (Å²) in [6, 6.07) is 19.9. The van der Waals surface area contributed by atoms with E-state index >= 15 is 0 Å². The highest BCUT2D eigenvalue weighted by atomic mass is 32.2. The Balaban J connectivity index is 1.24. The minimum atomic E-state index is -4.44. The number of sulfonamides is 1. The van der Waals surface area contributed by atoms with E-state index in [4.69, 9.17) is 0 Å². The Bertz CT molecular complexity index is 1830. The Labute approximate surface area is 316 Å². The molecule has 0 bridgehead atoms. The van der Waals surface area contributed by atoms with Crippen LogP contribution in [-0.4, -0.2) is 72.3 Å². The Morgan fingerprint density at radius 3 is 2.25 bits per heavy atom. The third kappa shape index (κ3) is 10.7. The number of piperidine rings is 1. The highest BCUT2D eigenvalue weighted by Gasteiger charge is 2.37. The molecule has 12 nitrogen and oxygen atoms in total. The van der Waals surface area contributed by atoms with Gasteiger partial charge in [-0.25, -0.2) is 17.9 Å². The molecule has 2 aliphatic rings. The average molecular weight is 766 g/mol. The number of carbonyl (C=O) groups is 2. The minimum absolute atomic E-state index is 0.146. The quantitative estimate of drug-likeness (QED) is 0.0593. The topological polar surface area (TPSA) is 162 Å². The van der Waals surface area contributed by atoms with Gasteiger partial charge in [-0.1, -0.05) is 31.0 Å². The molecule has 1 aliphatic carbocycles. The number of hydrogen-bond acceptors (Lipinski definition) is 9. The molecule has 3 aromatic rings. The summed E-state index contributed by atoms with van der Waals surface area (Å²) in [5.41, 5.74) is 0.797. The normalized spacial score (nSPS) is 16.2. The van der Waals surface area contributed by atoms with Crippen molar-refractivity contribution in [2.75, 3.05) is 35.6 Å². The second-order valence-electron chi connectivity index (χ2n) is 15.2. The molecule has 1 saturated carbocycles. The smallest absolute Gasteiger partial charge is 0.407 e. The molecule has 3 N–H and O–H groups in total. The van der Waals surface area contributed by atoms with E-state index in [0.29, 0.717) is 37.0 Å². The summed E-state index contributed by atoms with van der Waals surface area (Å²) in [7, 11) is -4.44. The van der Waals surface area contributed by atoms with Gasteiger partial charge >= 0.3 is 6.09 Å². The maximum atomic E-state index is 13.3. The van der Waals surface area contributed by atoms with Gasteiger partial charge in [0.05, 0.1) is 9.82 Å². The van der Waals surface area contributed by atoms with Gasteiger partial charge in [-0.15, -0.1) is 11.8 Å². The number of hydrogen-bond donors (Lipinski definition) is 3. The summed E-state index contributed by atoms with van der Waals surface area (Å²) in [5, 5.41) is 25.2. The molecule has 0 radical (unpaired) electrons. The molecule has 0 aromatic heterocycles. The molecule has 0 unspecified atom stereocenters. The maximum Gasteiger partial charge on any atom is 0.407 e. The van der Waals surface area contributed by atoms with Crippen LogP contribution in [0.5, 0.6) is 0 Å². The van der Waals surface area contributed by atoms with Gasteiger partial charge in [0, 0.05) is 59.2 Å². The number of nitro benzene ring substituents is 1. The molecule has 1 heterocycles. The Kier molecular flexibility index (Phi) is 13.0. The SMILES string of the molecule is CC(C)(C)N(CCCC[C@H](CSc1ccccc1)Nc1ccc(S(=O)(=O)NC(=O)c2ccc(N3CCC4(CCCC4)CC3)cc2)cc1[N+](=O)[O-])C(=O)O. The average Bonchev–Trinajstić information content (AvgIpc) is 3.57. The maximum absolute atomic E-state index is 13.3. The van der Waals surface area contributed by atoms with Crippen LogP contribution >= 0.6 is 11.8 Å². The monoisotopic (exact) mass is 765 g/mol. The van der Waals surface area contributed by atoms with Gasteiger partial charge in [-0.3, -0.25) is 14.9 Å². The van der Waals surface area contributed by atoms with Gasteiger partial charge in [0.2, 0.25) is 0 Å². The van der Waals surface area contributed by atoms with Crippen molar-refractivity contribution in [3.8, 4) is 0 Å². The molecular formula is C39H51N5O7S2. The van der Waals surface area contributed by atoms with Gasteiger partial charge < -0.3 is 20.2 Å². The van der Waals surface area contributed by atoms with Gasteiger partial charge in [-0.05, 0) is 120 Å². The van der Waals surface area contributed by atoms with Crippen molar-refractivity contribution in [1.82, 2.24) is 9.62 Å². The van der Waals surface area contributed by atoms with E-state index in [-0.39, 0.29) is 17.3 Å². The third-order valence-corrected chi connectivity index (χ3v) is 13.0. The molecule has 1 atom stereocenters. The Morgan fingerprint density at radius 1 is 0.981 bits per heavy atom. The second kappa shape index (κ2) is 17.2. The number of nitrogens with one attached hydrogen (secondary N) is 2. The van der Waals surface area contributed by atoms with Crippen molar-refractivity contribution in [2.24, 2.45) is 5.41 Å². The van der Waals surface area contributed by atoms with E-state index in [1.54, 1.807) is 23.9 Å². The molecule has 1 spiro atoms. The van der Waals surface area contributed by atoms with E-state index in [1.165, 1.54) is 42.7 Å². The van der Waals surface area contributed by atoms with Crippen LogP contribution in [0.15, 0.2) is 82.6 Å². The van der Waals surface area contributed by atoms with Gasteiger partial charge in [0.25, 0.3) is 21.6 Å². The first-order valence-electron chi connectivity index (χ1n) is 18.3. The number of nitrogens with zero attached hydrogens (tertiary/aromatic N) is 3. The lowest BCUT2D eigenvalue weighted by atomic mass is 9.77. The molecular weight excluding hydrogens is 715 g/mol. The third-order valence-electron chi connectivity index (χ3n) is 10.5. The number of benzene rings is 3. The fraction of sp³-hybridized carbons (Fsp3) is 0.487. The molecule has 1 aliphatic heterocycles. The molecule has 1 saturated heterocycles. The van der Waals surface area contributed by atoms with E-state index < -0.39 is 43.1 Å². The van der Waals surface area contributed by atoms with Crippen molar-refractivity contribution in [1.29, 1.82) is 0 Å². The fourth-order valence-electron chi connectivity index (χ4n) is 7.39. The van der Waals surface area contributed by atoms with Crippen LogP contribution in [0.25, 0.3) is 0 Å². The first kappa shape index (κ1) is 39.9. The summed E-state index contributed by atoms with van der Waals surface area (Å²) in [5.74, 6) is -0.271. The zero-order valence-electron chi connectivity index (χ0n) is 30.8. The Morgan fingerprint density at radius 2 is 1.64 bits per heavy atom. The summed E-state index contributed by atoms with van der Waals surface area (Å²) in [6.45, 7) is 7.78.